The fourth-order valence-corrected chi connectivity index (χ4v) is 2.48. The third kappa shape index (κ3) is 1.65. The molecular weight excluding hydrogens is 176 g/mol. The van der Waals surface area contributed by atoms with E-state index in [1.165, 1.54) is 15.6 Å². The van der Waals surface area contributed by atoms with Gasteiger partial charge in [0, 0.05) is 4.70 Å². The molecule has 0 aliphatic heterocycles. The van der Waals surface area contributed by atoms with Crippen LogP contribution in [0, 0.1) is 0 Å². The van der Waals surface area contributed by atoms with E-state index in [4.69, 9.17) is 0 Å². The molecule has 1 heterocycles. The first-order valence-electron chi connectivity index (χ1n) is 4.48. The Balaban J connectivity index is 2.40. The molecule has 0 fully saturated rings. The highest BCUT2D eigenvalue weighted by Gasteiger charge is 2.00. The van der Waals surface area contributed by atoms with Gasteiger partial charge in [0.1, 0.15) is 0 Å². The van der Waals surface area contributed by atoms with Gasteiger partial charge < -0.3 is 0 Å². The molecule has 0 radical (unpaired) electrons. The summed E-state index contributed by atoms with van der Waals surface area (Å²) in [5, 5.41) is 3.67. The van der Waals surface area contributed by atoms with Gasteiger partial charge in [-0.2, -0.15) is 0 Å². The summed E-state index contributed by atoms with van der Waals surface area (Å²) in [6.45, 7) is 3.74. The molecule has 0 saturated heterocycles. The Morgan fingerprint density at radius 1 is 1.31 bits per heavy atom. The van der Waals surface area contributed by atoms with Crippen LogP contribution in [0.3, 0.4) is 0 Å². The maximum Gasteiger partial charge on any atom is 0.0345 e. The number of allylic oxidation sites excluding steroid dienone is 1. The van der Waals surface area contributed by atoms with Gasteiger partial charge >= 0.3 is 0 Å². The molecule has 0 saturated carbocycles. The van der Waals surface area contributed by atoms with Crippen molar-refractivity contribution >= 4 is 21.4 Å². The highest BCUT2D eigenvalue weighted by molar-refractivity contribution is 7.17. The Kier molecular flexibility index (Phi) is 2.46. The molecule has 0 aliphatic carbocycles. The first kappa shape index (κ1) is 8.52. The van der Waals surface area contributed by atoms with E-state index in [0.29, 0.717) is 0 Å². The standard InChI is InChI=1S/C12H12S/c1-2-3-6-10-9-13-12-8-5-4-7-11(10)12/h2,4-5,7-9H,1,3,6H2. The number of thiophene rings is 1. The summed E-state index contributed by atoms with van der Waals surface area (Å²) in [4.78, 5) is 0. The summed E-state index contributed by atoms with van der Waals surface area (Å²) >= 11 is 1.83. The van der Waals surface area contributed by atoms with E-state index in [0.717, 1.165) is 12.8 Å². The summed E-state index contributed by atoms with van der Waals surface area (Å²) < 4.78 is 1.39. The summed E-state index contributed by atoms with van der Waals surface area (Å²) in [5.41, 5.74) is 1.46. The third-order valence-corrected chi connectivity index (χ3v) is 3.19. The van der Waals surface area contributed by atoms with E-state index in [1.807, 2.05) is 17.4 Å². The molecule has 1 aromatic heterocycles. The van der Waals surface area contributed by atoms with Gasteiger partial charge in [-0.3, -0.25) is 0 Å². The van der Waals surface area contributed by atoms with Crippen LogP contribution in [-0.4, -0.2) is 0 Å². The molecule has 0 nitrogen and oxygen atoms in total. The monoisotopic (exact) mass is 188 g/mol. The zero-order valence-corrected chi connectivity index (χ0v) is 8.31. The van der Waals surface area contributed by atoms with Crippen molar-refractivity contribution in [1.29, 1.82) is 0 Å². The highest BCUT2D eigenvalue weighted by Crippen LogP contribution is 2.26. The molecule has 0 unspecified atom stereocenters. The molecule has 0 aliphatic rings. The van der Waals surface area contributed by atoms with Gasteiger partial charge in [-0.15, -0.1) is 17.9 Å². The lowest BCUT2D eigenvalue weighted by molar-refractivity contribution is 1.02. The van der Waals surface area contributed by atoms with Gasteiger partial charge in [0.05, 0.1) is 0 Å². The summed E-state index contributed by atoms with van der Waals surface area (Å²) in [7, 11) is 0. The van der Waals surface area contributed by atoms with E-state index in [9.17, 15) is 0 Å². The summed E-state index contributed by atoms with van der Waals surface area (Å²) in [6, 6.07) is 8.57. The molecule has 1 heteroatoms. The van der Waals surface area contributed by atoms with Crippen molar-refractivity contribution in [3.8, 4) is 0 Å². The van der Waals surface area contributed by atoms with Crippen molar-refractivity contribution in [3.05, 3.63) is 47.9 Å². The maximum absolute atomic E-state index is 3.74. The normalized spacial score (nSPS) is 10.5. The van der Waals surface area contributed by atoms with Crippen LogP contribution >= 0.6 is 11.3 Å². The van der Waals surface area contributed by atoms with Crippen LogP contribution < -0.4 is 0 Å². The lowest BCUT2D eigenvalue weighted by Gasteiger charge is -1.94. The van der Waals surface area contributed by atoms with Crippen LogP contribution in [0.4, 0.5) is 0 Å². The second-order valence-corrected chi connectivity index (χ2v) is 4.00. The zero-order chi connectivity index (χ0) is 9.10. The smallest absolute Gasteiger partial charge is 0.0345 e. The van der Waals surface area contributed by atoms with E-state index in [2.05, 4.69) is 36.2 Å². The van der Waals surface area contributed by atoms with Gasteiger partial charge in [-0.05, 0) is 35.2 Å². The molecule has 2 aromatic rings. The third-order valence-electron chi connectivity index (χ3n) is 2.18. The molecule has 0 amide bonds. The SMILES string of the molecule is C=CCCc1csc2ccccc12. The molecule has 0 spiro atoms. The Bertz CT molecular complexity index is 412. The van der Waals surface area contributed by atoms with Crippen LogP contribution in [0.2, 0.25) is 0 Å². The molecule has 66 valence electrons. The number of rotatable bonds is 3. The predicted molar refractivity (Wildman–Crippen MR) is 60.3 cm³/mol. The van der Waals surface area contributed by atoms with Crippen molar-refractivity contribution in [2.75, 3.05) is 0 Å². The van der Waals surface area contributed by atoms with Crippen LogP contribution in [-0.2, 0) is 6.42 Å². The van der Waals surface area contributed by atoms with Crippen molar-refractivity contribution in [2.24, 2.45) is 0 Å². The second kappa shape index (κ2) is 3.75. The average Bonchev–Trinajstić information content (AvgIpc) is 2.58. The highest BCUT2D eigenvalue weighted by atomic mass is 32.1. The van der Waals surface area contributed by atoms with Gasteiger partial charge in [-0.25, -0.2) is 0 Å². The van der Waals surface area contributed by atoms with E-state index >= 15 is 0 Å². The largest absolute Gasteiger partial charge is 0.144 e. The van der Waals surface area contributed by atoms with Crippen molar-refractivity contribution in [1.82, 2.24) is 0 Å². The predicted octanol–water partition coefficient (Wildman–Crippen LogP) is 4.02. The van der Waals surface area contributed by atoms with Crippen molar-refractivity contribution < 1.29 is 0 Å². The quantitative estimate of drug-likeness (QED) is 0.638. The van der Waals surface area contributed by atoms with Crippen molar-refractivity contribution in [2.45, 2.75) is 12.8 Å². The van der Waals surface area contributed by atoms with E-state index < -0.39 is 0 Å². The Morgan fingerprint density at radius 3 is 3.00 bits per heavy atom. The van der Waals surface area contributed by atoms with Crippen LogP contribution in [0.5, 0.6) is 0 Å². The molecule has 2 rings (SSSR count). The molecule has 0 N–H and O–H groups in total. The average molecular weight is 188 g/mol. The Morgan fingerprint density at radius 2 is 2.15 bits per heavy atom. The number of fused-ring (bicyclic) bond motifs is 1. The number of aryl methyl sites for hydroxylation is 1. The minimum Gasteiger partial charge on any atom is -0.144 e. The van der Waals surface area contributed by atoms with Crippen LogP contribution in [0.15, 0.2) is 42.3 Å². The zero-order valence-electron chi connectivity index (χ0n) is 7.49. The van der Waals surface area contributed by atoms with Gasteiger partial charge in [0.2, 0.25) is 0 Å². The minimum absolute atomic E-state index is 1.07. The minimum atomic E-state index is 1.07. The number of hydrogen-bond donors (Lipinski definition) is 0. The lowest BCUT2D eigenvalue weighted by atomic mass is 10.1. The maximum atomic E-state index is 3.74. The van der Waals surface area contributed by atoms with E-state index in [-0.39, 0.29) is 0 Å². The van der Waals surface area contributed by atoms with Gasteiger partial charge in [0.25, 0.3) is 0 Å². The molecule has 13 heavy (non-hydrogen) atoms. The first-order chi connectivity index (χ1) is 6.42. The van der Waals surface area contributed by atoms with E-state index in [1.54, 1.807) is 0 Å². The molecule has 0 bridgehead atoms. The Labute approximate surface area is 82.5 Å². The number of hydrogen-bond acceptors (Lipinski definition) is 1. The number of benzene rings is 1. The second-order valence-electron chi connectivity index (χ2n) is 3.08. The topological polar surface area (TPSA) is 0 Å². The molecular formula is C12H12S. The van der Waals surface area contributed by atoms with Crippen LogP contribution in [0.1, 0.15) is 12.0 Å². The lowest BCUT2D eigenvalue weighted by Crippen LogP contribution is -1.79. The summed E-state index contributed by atoms with van der Waals surface area (Å²) in [5.74, 6) is 0. The fourth-order valence-electron chi connectivity index (χ4n) is 1.48. The fraction of sp³-hybridized carbons (Fsp3) is 0.167. The molecule has 0 atom stereocenters. The molecule has 1 aromatic carbocycles. The van der Waals surface area contributed by atoms with Crippen LogP contribution in [0.25, 0.3) is 10.1 Å². The van der Waals surface area contributed by atoms with Gasteiger partial charge in [0.15, 0.2) is 0 Å². The summed E-state index contributed by atoms with van der Waals surface area (Å²) in [6.07, 6.45) is 4.17. The van der Waals surface area contributed by atoms with Crippen molar-refractivity contribution in [3.63, 3.8) is 0 Å². The van der Waals surface area contributed by atoms with Gasteiger partial charge in [-0.1, -0.05) is 24.3 Å². The first-order valence-corrected chi connectivity index (χ1v) is 5.36. The Hall–Kier alpha value is -1.08.